The lowest BCUT2D eigenvalue weighted by Crippen LogP contribution is -2.41. The highest BCUT2D eigenvalue weighted by molar-refractivity contribution is 5.03. The molecule has 2 saturated heterocycles. The number of hydrogen-bond acceptors (Lipinski definition) is 3. The quantitative estimate of drug-likeness (QED) is 0.764. The van der Waals surface area contributed by atoms with Crippen LogP contribution < -0.4 is 0 Å². The van der Waals surface area contributed by atoms with Gasteiger partial charge in [0.05, 0.1) is 12.7 Å². The van der Waals surface area contributed by atoms with E-state index >= 15 is 0 Å². The number of halogens is 3. The summed E-state index contributed by atoms with van der Waals surface area (Å²) in [6.45, 7) is 0.961. The predicted molar refractivity (Wildman–Crippen MR) is 46.2 cm³/mol. The molecule has 2 rings (SSSR count). The Bertz CT molecular complexity index is 246. The molecule has 0 aromatic rings. The maximum absolute atomic E-state index is 12.0. The highest BCUT2D eigenvalue weighted by Crippen LogP contribution is 2.40. The van der Waals surface area contributed by atoms with Crippen LogP contribution in [-0.2, 0) is 4.74 Å². The van der Waals surface area contributed by atoms with Gasteiger partial charge in [0.2, 0.25) is 0 Å². The first-order valence-electron chi connectivity index (χ1n) is 5.06. The Labute approximate surface area is 85.8 Å². The van der Waals surface area contributed by atoms with Crippen LogP contribution in [0.5, 0.6) is 0 Å². The average molecular weight is 225 g/mol. The molecule has 2 atom stereocenters. The summed E-state index contributed by atoms with van der Waals surface area (Å²) in [6, 6.07) is 0. The predicted octanol–water partition coefficient (Wildman–Crippen LogP) is 1.12. The Morgan fingerprint density at radius 1 is 1.47 bits per heavy atom. The van der Waals surface area contributed by atoms with E-state index in [0.717, 1.165) is 19.4 Å². The number of aliphatic hydroxyl groups excluding tert-OH is 1. The lowest BCUT2D eigenvalue weighted by atomic mass is 9.94. The number of nitrogens with zero attached hydrogens (tertiary/aromatic N) is 1. The van der Waals surface area contributed by atoms with Gasteiger partial charge in [-0.3, -0.25) is 9.64 Å². The monoisotopic (exact) mass is 225 g/mol. The van der Waals surface area contributed by atoms with E-state index in [0.29, 0.717) is 0 Å². The summed E-state index contributed by atoms with van der Waals surface area (Å²) in [5.41, 5.74) is -0.448. The number of alkyl halides is 3. The minimum atomic E-state index is -4.57. The minimum Gasteiger partial charge on any atom is -0.394 e. The van der Waals surface area contributed by atoms with Gasteiger partial charge in [0.1, 0.15) is 0 Å². The zero-order chi connectivity index (χ0) is 11.1. The molecule has 0 radical (unpaired) electrons. The molecular weight excluding hydrogens is 211 g/mol. The lowest BCUT2D eigenvalue weighted by molar-refractivity contribution is -0.340. The Kier molecular flexibility index (Phi) is 2.68. The molecule has 0 unspecified atom stereocenters. The lowest BCUT2D eigenvalue weighted by Gasteiger charge is -2.28. The van der Waals surface area contributed by atoms with Crippen molar-refractivity contribution in [2.45, 2.75) is 37.3 Å². The van der Waals surface area contributed by atoms with Crippen molar-refractivity contribution in [3.8, 4) is 0 Å². The van der Waals surface area contributed by atoms with E-state index in [1.807, 2.05) is 4.90 Å². The average Bonchev–Trinajstić information content (AvgIpc) is 2.57. The molecule has 0 saturated carbocycles. The molecular formula is C9H14F3NO2. The van der Waals surface area contributed by atoms with Crippen LogP contribution in [0.4, 0.5) is 13.2 Å². The Morgan fingerprint density at radius 2 is 2.20 bits per heavy atom. The van der Waals surface area contributed by atoms with Gasteiger partial charge in [-0.2, -0.15) is 0 Å². The summed E-state index contributed by atoms with van der Waals surface area (Å²) < 4.78 is 40.0. The molecule has 3 nitrogen and oxygen atoms in total. The zero-order valence-corrected chi connectivity index (χ0v) is 8.26. The molecule has 2 fully saturated rings. The minimum absolute atomic E-state index is 0.0787. The first-order chi connectivity index (χ1) is 6.95. The van der Waals surface area contributed by atoms with Crippen LogP contribution in [0.1, 0.15) is 19.3 Å². The van der Waals surface area contributed by atoms with Crippen LogP contribution in [0, 0.1) is 0 Å². The first kappa shape index (κ1) is 11.2. The molecule has 0 spiro atoms. The Balaban J connectivity index is 1.99. The van der Waals surface area contributed by atoms with E-state index in [2.05, 4.69) is 4.74 Å². The Hall–Kier alpha value is -0.330. The molecule has 88 valence electrons. The van der Waals surface area contributed by atoms with Crippen molar-refractivity contribution in [3.63, 3.8) is 0 Å². The van der Waals surface area contributed by atoms with E-state index in [1.165, 1.54) is 0 Å². The second-order valence-electron chi connectivity index (χ2n) is 4.32. The molecule has 0 aliphatic carbocycles. The second kappa shape index (κ2) is 3.61. The normalized spacial score (nSPS) is 37.2. The molecule has 1 N–H and O–H groups in total. The summed E-state index contributed by atoms with van der Waals surface area (Å²) in [4.78, 5) is 1.92. The van der Waals surface area contributed by atoms with Gasteiger partial charge in [-0.05, 0) is 25.8 Å². The summed E-state index contributed by atoms with van der Waals surface area (Å²) >= 11 is 0. The van der Waals surface area contributed by atoms with E-state index < -0.39 is 18.0 Å². The van der Waals surface area contributed by atoms with Gasteiger partial charge in [0.25, 0.3) is 0 Å². The van der Waals surface area contributed by atoms with Crippen LogP contribution in [0.2, 0.25) is 0 Å². The fourth-order valence-corrected chi connectivity index (χ4v) is 2.76. The van der Waals surface area contributed by atoms with Gasteiger partial charge in [0, 0.05) is 12.1 Å². The van der Waals surface area contributed by atoms with Crippen LogP contribution in [0.15, 0.2) is 0 Å². The molecule has 2 aliphatic heterocycles. The first-order valence-corrected chi connectivity index (χ1v) is 5.06. The van der Waals surface area contributed by atoms with Gasteiger partial charge in [0.15, 0.2) is 0 Å². The number of aliphatic hydroxyl groups is 1. The molecule has 0 amide bonds. The van der Waals surface area contributed by atoms with E-state index in [-0.39, 0.29) is 19.6 Å². The maximum Gasteiger partial charge on any atom is 0.522 e. The molecule has 2 heterocycles. The highest BCUT2D eigenvalue weighted by atomic mass is 19.4. The van der Waals surface area contributed by atoms with Gasteiger partial charge in [-0.15, -0.1) is 13.2 Å². The summed E-state index contributed by atoms with van der Waals surface area (Å²) in [6.07, 6.45) is -3.40. The van der Waals surface area contributed by atoms with Crippen molar-refractivity contribution in [1.29, 1.82) is 0 Å². The second-order valence-corrected chi connectivity index (χ2v) is 4.32. The van der Waals surface area contributed by atoms with Gasteiger partial charge in [-0.25, -0.2) is 0 Å². The molecule has 0 aromatic heterocycles. The maximum atomic E-state index is 12.0. The van der Waals surface area contributed by atoms with Crippen molar-refractivity contribution in [1.82, 2.24) is 4.90 Å². The van der Waals surface area contributed by atoms with Crippen molar-refractivity contribution >= 4 is 0 Å². The van der Waals surface area contributed by atoms with Crippen molar-refractivity contribution in [3.05, 3.63) is 0 Å². The molecule has 6 heteroatoms. The zero-order valence-electron chi connectivity index (χ0n) is 8.26. The summed E-state index contributed by atoms with van der Waals surface area (Å²) in [5, 5.41) is 9.26. The van der Waals surface area contributed by atoms with Crippen LogP contribution in [0.3, 0.4) is 0 Å². The summed E-state index contributed by atoms with van der Waals surface area (Å²) in [5.74, 6) is 0. The summed E-state index contributed by atoms with van der Waals surface area (Å²) in [7, 11) is 0. The van der Waals surface area contributed by atoms with Gasteiger partial charge >= 0.3 is 6.36 Å². The third-order valence-electron chi connectivity index (χ3n) is 3.37. The topological polar surface area (TPSA) is 32.7 Å². The fourth-order valence-electron chi connectivity index (χ4n) is 2.76. The molecule has 0 aromatic carbocycles. The molecule has 2 aliphatic rings. The van der Waals surface area contributed by atoms with E-state index in [4.69, 9.17) is 0 Å². The van der Waals surface area contributed by atoms with Crippen molar-refractivity contribution < 1.29 is 23.0 Å². The number of rotatable bonds is 2. The highest BCUT2D eigenvalue weighted by Gasteiger charge is 2.50. The van der Waals surface area contributed by atoms with Crippen LogP contribution in [0.25, 0.3) is 0 Å². The largest absolute Gasteiger partial charge is 0.522 e. The van der Waals surface area contributed by atoms with E-state index in [1.54, 1.807) is 0 Å². The van der Waals surface area contributed by atoms with E-state index in [9.17, 15) is 18.3 Å². The number of fused-ring (bicyclic) bond motifs is 1. The van der Waals surface area contributed by atoms with Crippen LogP contribution >= 0.6 is 0 Å². The SMILES string of the molecule is OC[C@@]12CCCN1C[C@@H](OC(F)(F)F)C2. The van der Waals surface area contributed by atoms with Crippen molar-refractivity contribution in [2.75, 3.05) is 19.7 Å². The smallest absolute Gasteiger partial charge is 0.394 e. The molecule has 0 bridgehead atoms. The third kappa shape index (κ3) is 2.11. The molecule has 15 heavy (non-hydrogen) atoms. The van der Waals surface area contributed by atoms with Crippen molar-refractivity contribution in [2.24, 2.45) is 0 Å². The standard InChI is InChI=1S/C9H14F3NO2/c10-9(11,12)15-7-4-8(6-14)2-1-3-13(8)5-7/h7,14H,1-6H2/t7-,8-/m0/s1. The fraction of sp³-hybridized carbons (Fsp3) is 1.00. The Morgan fingerprint density at radius 3 is 2.73 bits per heavy atom. The number of ether oxygens (including phenoxy) is 1. The van der Waals surface area contributed by atoms with Gasteiger partial charge in [-0.1, -0.05) is 0 Å². The van der Waals surface area contributed by atoms with Gasteiger partial charge < -0.3 is 5.11 Å². The van der Waals surface area contributed by atoms with Crippen LogP contribution in [-0.4, -0.2) is 47.7 Å². The third-order valence-corrected chi connectivity index (χ3v) is 3.37. The number of hydrogen-bond donors (Lipinski definition) is 1.